The Kier molecular flexibility index (Phi) is 1.64. The summed E-state index contributed by atoms with van der Waals surface area (Å²) in [4.78, 5) is 14.1. The van der Waals surface area contributed by atoms with E-state index in [1.807, 2.05) is 6.07 Å². The van der Waals surface area contributed by atoms with Crippen LogP contribution in [0.3, 0.4) is 0 Å². The zero-order valence-electron chi connectivity index (χ0n) is 7.02. The van der Waals surface area contributed by atoms with Crippen LogP contribution in [0.5, 0.6) is 0 Å². The SMILES string of the molecule is COC(=O)c1cc2c([nH]1)CCC2. The average Bonchev–Trinajstić information content (AvgIpc) is 2.60. The zero-order valence-corrected chi connectivity index (χ0v) is 7.02. The molecule has 1 aliphatic carbocycles. The molecule has 12 heavy (non-hydrogen) atoms. The van der Waals surface area contributed by atoms with E-state index in [-0.39, 0.29) is 5.97 Å². The third-order valence-electron chi connectivity index (χ3n) is 2.27. The summed E-state index contributed by atoms with van der Waals surface area (Å²) < 4.78 is 4.60. The first-order valence-corrected chi connectivity index (χ1v) is 4.10. The highest BCUT2D eigenvalue weighted by atomic mass is 16.5. The monoisotopic (exact) mass is 165 g/mol. The first-order valence-electron chi connectivity index (χ1n) is 4.10. The van der Waals surface area contributed by atoms with Crippen LogP contribution in [-0.2, 0) is 17.6 Å². The van der Waals surface area contributed by atoms with Crippen LogP contribution in [-0.4, -0.2) is 18.1 Å². The van der Waals surface area contributed by atoms with Gasteiger partial charge in [0.05, 0.1) is 7.11 Å². The molecule has 2 rings (SSSR count). The van der Waals surface area contributed by atoms with Crippen LogP contribution < -0.4 is 0 Å². The quantitative estimate of drug-likeness (QED) is 0.637. The molecule has 1 aromatic rings. The fraction of sp³-hybridized carbons (Fsp3) is 0.444. The molecule has 0 fully saturated rings. The number of aromatic nitrogens is 1. The highest BCUT2D eigenvalue weighted by molar-refractivity contribution is 5.87. The Balaban J connectivity index is 2.31. The second-order valence-electron chi connectivity index (χ2n) is 3.03. The van der Waals surface area contributed by atoms with Crippen molar-refractivity contribution in [1.29, 1.82) is 0 Å². The standard InChI is InChI=1S/C9H11NO2/c1-12-9(11)8-5-6-3-2-4-7(6)10-8/h5,10H,2-4H2,1H3. The number of carbonyl (C=O) groups excluding carboxylic acids is 1. The summed E-state index contributed by atoms with van der Waals surface area (Å²) in [6.07, 6.45) is 3.35. The fourth-order valence-corrected chi connectivity index (χ4v) is 1.66. The first kappa shape index (κ1) is 7.40. The van der Waals surface area contributed by atoms with Crippen molar-refractivity contribution in [2.45, 2.75) is 19.3 Å². The summed E-state index contributed by atoms with van der Waals surface area (Å²) >= 11 is 0. The van der Waals surface area contributed by atoms with E-state index in [9.17, 15) is 4.79 Å². The summed E-state index contributed by atoms with van der Waals surface area (Å²) in [6.45, 7) is 0. The van der Waals surface area contributed by atoms with Crippen LogP contribution in [0.1, 0.15) is 28.2 Å². The van der Waals surface area contributed by atoms with Crippen molar-refractivity contribution in [1.82, 2.24) is 4.98 Å². The number of fused-ring (bicyclic) bond motifs is 1. The highest BCUT2D eigenvalue weighted by Gasteiger charge is 2.17. The van der Waals surface area contributed by atoms with Crippen LogP contribution in [0.15, 0.2) is 6.07 Å². The molecule has 0 amide bonds. The highest BCUT2D eigenvalue weighted by Crippen LogP contribution is 2.22. The van der Waals surface area contributed by atoms with E-state index in [2.05, 4.69) is 9.72 Å². The molecule has 0 aromatic carbocycles. The average molecular weight is 165 g/mol. The summed E-state index contributed by atoms with van der Waals surface area (Å²) in [7, 11) is 1.40. The van der Waals surface area contributed by atoms with Crippen LogP contribution >= 0.6 is 0 Å². The van der Waals surface area contributed by atoms with E-state index in [1.54, 1.807) is 0 Å². The second kappa shape index (κ2) is 2.66. The molecule has 64 valence electrons. The Bertz CT molecular complexity index is 293. The number of carbonyl (C=O) groups is 1. The van der Waals surface area contributed by atoms with Crippen molar-refractivity contribution in [3.8, 4) is 0 Å². The summed E-state index contributed by atoms with van der Waals surface area (Å²) in [5, 5.41) is 0. The topological polar surface area (TPSA) is 42.1 Å². The molecular formula is C9H11NO2. The van der Waals surface area contributed by atoms with E-state index in [0.717, 1.165) is 12.8 Å². The van der Waals surface area contributed by atoms with E-state index in [0.29, 0.717) is 5.69 Å². The van der Waals surface area contributed by atoms with Crippen molar-refractivity contribution in [2.24, 2.45) is 0 Å². The smallest absolute Gasteiger partial charge is 0.354 e. The lowest BCUT2D eigenvalue weighted by molar-refractivity contribution is 0.0594. The van der Waals surface area contributed by atoms with Crippen LogP contribution in [0.25, 0.3) is 0 Å². The minimum atomic E-state index is -0.274. The van der Waals surface area contributed by atoms with Gasteiger partial charge in [-0.05, 0) is 30.9 Å². The molecule has 0 saturated heterocycles. The second-order valence-corrected chi connectivity index (χ2v) is 3.03. The van der Waals surface area contributed by atoms with Gasteiger partial charge in [0.15, 0.2) is 0 Å². The fourth-order valence-electron chi connectivity index (χ4n) is 1.66. The molecule has 1 N–H and O–H groups in total. The molecule has 0 spiro atoms. The summed E-state index contributed by atoms with van der Waals surface area (Å²) in [6, 6.07) is 1.90. The third-order valence-corrected chi connectivity index (χ3v) is 2.27. The Labute approximate surface area is 70.7 Å². The molecule has 0 saturated carbocycles. The van der Waals surface area contributed by atoms with Gasteiger partial charge in [-0.1, -0.05) is 0 Å². The van der Waals surface area contributed by atoms with Crippen molar-refractivity contribution < 1.29 is 9.53 Å². The van der Waals surface area contributed by atoms with Crippen LogP contribution in [0.4, 0.5) is 0 Å². The molecule has 1 heterocycles. The number of esters is 1. The Morgan fingerprint density at radius 3 is 3.08 bits per heavy atom. The number of aromatic amines is 1. The van der Waals surface area contributed by atoms with Gasteiger partial charge in [-0.25, -0.2) is 4.79 Å². The van der Waals surface area contributed by atoms with Gasteiger partial charge in [-0.15, -0.1) is 0 Å². The number of ether oxygens (including phenoxy) is 1. The largest absolute Gasteiger partial charge is 0.464 e. The van der Waals surface area contributed by atoms with Gasteiger partial charge in [0.2, 0.25) is 0 Å². The first-order chi connectivity index (χ1) is 5.81. The summed E-state index contributed by atoms with van der Waals surface area (Å²) in [5.74, 6) is -0.274. The van der Waals surface area contributed by atoms with Gasteiger partial charge in [0, 0.05) is 5.69 Å². The van der Waals surface area contributed by atoms with Gasteiger partial charge < -0.3 is 9.72 Å². The predicted molar refractivity (Wildman–Crippen MR) is 44.2 cm³/mol. The predicted octanol–water partition coefficient (Wildman–Crippen LogP) is 1.29. The van der Waals surface area contributed by atoms with Crippen molar-refractivity contribution in [3.05, 3.63) is 23.0 Å². The minimum absolute atomic E-state index is 0.274. The molecule has 3 nitrogen and oxygen atoms in total. The molecule has 0 bridgehead atoms. The van der Waals surface area contributed by atoms with Crippen LogP contribution in [0, 0.1) is 0 Å². The van der Waals surface area contributed by atoms with E-state index >= 15 is 0 Å². The number of hydrogen-bond donors (Lipinski definition) is 1. The molecule has 3 heteroatoms. The Hall–Kier alpha value is -1.25. The maximum absolute atomic E-state index is 11.1. The maximum atomic E-state index is 11.1. The van der Waals surface area contributed by atoms with Gasteiger partial charge in [-0.2, -0.15) is 0 Å². The lowest BCUT2D eigenvalue weighted by atomic mass is 10.2. The normalized spacial score (nSPS) is 14.4. The zero-order chi connectivity index (χ0) is 8.55. The summed E-state index contributed by atoms with van der Waals surface area (Å²) in [5.41, 5.74) is 3.06. The van der Waals surface area contributed by atoms with Gasteiger partial charge in [0.1, 0.15) is 5.69 Å². The molecule has 1 aromatic heterocycles. The minimum Gasteiger partial charge on any atom is -0.464 e. The molecule has 0 atom stereocenters. The van der Waals surface area contributed by atoms with Crippen molar-refractivity contribution >= 4 is 5.97 Å². The van der Waals surface area contributed by atoms with Crippen LogP contribution in [0.2, 0.25) is 0 Å². The van der Waals surface area contributed by atoms with E-state index in [4.69, 9.17) is 0 Å². The van der Waals surface area contributed by atoms with E-state index < -0.39 is 0 Å². The van der Waals surface area contributed by atoms with Gasteiger partial charge in [0.25, 0.3) is 0 Å². The number of H-pyrrole nitrogens is 1. The number of rotatable bonds is 1. The van der Waals surface area contributed by atoms with E-state index in [1.165, 1.54) is 24.8 Å². The van der Waals surface area contributed by atoms with Crippen molar-refractivity contribution in [2.75, 3.05) is 7.11 Å². The lowest BCUT2D eigenvalue weighted by Gasteiger charge is -1.94. The molecular weight excluding hydrogens is 154 g/mol. The Morgan fingerprint density at radius 2 is 2.42 bits per heavy atom. The Morgan fingerprint density at radius 1 is 1.58 bits per heavy atom. The molecule has 0 unspecified atom stereocenters. The number of hydrogen-bond acceptors (Lipinski definition) is 2. The maximum Gasteiger partial charge on any atom is 0.354 e. The van der Waals surface area contributed by atoms with Gasteiger partial charge >= 0.3 is 5.97 Å². The lowest BCUT2D eigenvalue weighted by Crippen LogP contribution is -2.01. The number of methoxy groups -OCH3 is 1. The molecule has 0 aliphatic heterocycles. The number of aryl methyl sites for hydroxylation is 2. The van der Waals surface area contributed by atoms with Gasteiger partial charge in [-0.3, -0.25) is 0 Å². The molecule has 0 radical (unpaired) electrons. The number of nitrogens with one attached hydrogen (secondary N) is 1. The van der Waals surface area contributed by atoms with Crippen molar-refractivity contribution in [3.63, 3.8) is 0 Å². The third kappa shape index (κ3) is 1.02. The molecule has 1 aliphatic rings.